The van der Waals surface area contributed by atoms with Crippen LogP contribution in [0.15, 0.2) is 53.1 Å². The average molecular weight is 231 g/mol. The first kappa shape index (κ1) is 11.9. The number of aliphatic hydroxyl groups excluding tert-OH is 1. The predicted molar refractivity (Wildman–Crippen MR) is 66.5 cm³/mol. The quantitative estimate of drug-likeness (QED) is 0.831. The maximum atomic E-state index is 9.85. The molecule has 0 radical (unpaired) electrons. The fourth-order valence-corrected chi connectivity index (χ4v) is 1.73. The first-order chi connectivity index (χ1) is 8.27. The molecule has 0 fully saturated rings. The van der Waals surface area contributed by atoms with E-state index in [2.05, 4.69) is 24.4 Å². The Balaban J connectivity index is 1.86. The van der Waals surface area contributed by atoms with Crippen LogP contribution in [-0.2, 0) is 0 Å². The Hall–Kier alpha value is -1.58. The van der Waals surface area contributed by atoms with E-state index < -0.39 is 6.10 Å². The molecule has 0 saturated carbocycles. The SMILES string of the molecule is C[C@H](NCC(O)c1ccco1)c1ccccc1. The number of benzene rings is 1. The number of hydrogen-bond donors (Lipinski definition) is 2. The van der Waals surface area contributed by atoms with Gasteiger partial charge in [-0.15, -0.1) is 0 Å². The van der Waals surface area contributed by atoms with Crippen molar-refractivity contribution in [3.05, 3.63) is 60.1 Å². The Bertz CT molecular complexity index is 425. The van der Waals surface area contributed by atoms with Crippen molar-refractivity contribution in [2.24, 2.45) is 0 Å². The normalized spacial score (nSPS) is 14.5. The Morgan fingerprint density at radius 2 is 1.94 bits per heavy atom. The van der Waals surface area contributed by atoms with Gasteiger partial charge in [0.05, 0.1) is 6.26 Å². The van der Waals surface area contributed by atoms with Crippen molar-refractivity contribution in [1.29, 1.82) is 0 Å². The highest BCUT2D eigenvalue weighted by molar-refractivity contribution is 5.18. The molecule has 0 bridgehead atoms. The molecule has 0 spiro atoms. The number of hydrogen-bond acceptors (Lipinski definition) is 3. The van der Waals surface area contributed by atoms with Crippen LogP contribution >= 0.6 is 0 Å². The largest absolute Gasteiger partial charge is 0.467 e. The van der Waals surface area contributed by atoms with Gasteiger partial charge >= 0.3 is 0 Å². The first-order valence-corrected chi connectivity index (χ1v) is 5.77. The Morgan fingerprint density at radius 1 is 1.18 bits per heavy atom. The van der Waals surface area contributed by atoms with E-state index in [1.165, 1.54) is 5.56 Å². The maximum absolute atomic E-state index is 9.85. The van der Waals surface area contributed by atoms with Crippen LogP contribution < -0.4 is 5.32 Å². The van der Waals surface area contributed by atoms with Gasteiger partial charge < -0.3 is 14.8 Å². The second kappa shape index (κ2) is 5.66. The van der Waals surface area contributed by atoms with Crippen LogP contribution in [0, 0.1) is 0 Å². The highest BCUT2D eigenvalue weighted by Crippen LogP contribution is 2.15. The van der Waals surface area contributed by atoms with Crippen molar-refractivity contribution in [2.45, 2.75) is 19.1 Å². The zero-order valence-corrected chi connectivity index (χ0v) is 9.84. The van der Waals surface area contributed by atoms with Gasteiger partial charge in [0.15, 0.2) is 0 Å². The van der Waals surface area contributed by atoms with Crippen molar-refractivity contribution < 1.29 is 9.52 Å². The number of nitrogens with one attached hydrogen (secondary N) is 1. The number of rotatable bonds is 5. The van der Waals surface area contributed by atoms with Gasteiger partial charge in [-0.1, -0.05) is 30.3 Å². The molecule has 1 aromatic heterocycles. The van der Waals surface area contributed by atoms with Gasteiger partial charge in [-0.05, 0) is 24.6 Å². The first-order valence-electron chi connectivity index (χ1n) is 5.77. The van der Waals surface area contributed by atoms with Gasteiger partial charge in [0.2, 0.25) is 0 Å². The molecule has 90 valence electrons. The molecule has 2 aromatic rings. The lowest BCUT2D eigenvalue weighted by Crippen LogP contribution is -2.24. The van der Waals surface area contributed by atoms with E-state index in [0.717, 1.165) is 0 Å². The third-order valence-electron chi connectivity index (χ3n) is 2.79. The second-order valence-corrected chi connectivity index (χ2v) is 4.07. The Labute approximate surface area is 101 Å². The van der Waals surface area contributed by atoms with E-state index in [0.29, 0.717) is 12.3 Å². The summed E-state index contributed by atoms with van der Waals surface area (Å²) in [5.41, 5.74) is 1.21. The molecular weight excluding hydrogens is 214 g/mol. The lowest BCUT2D eigenvalue weighted by molar-refractivity contribution is 0.144. The topological polar surface area (TPSA) is 45.4 Å². The summed E-state index contributed by atoms with van der Waals surface area (Å²) < 4.78 is 5.14. The predicted octanol–water partition coefficient (Wildman–Crippen LogP) is 2.66. The molecule has 0 aliphatic rings. The van der Waals surface area contributed by atoms with E-state index >= 15 is 0 Å². The molecule has 2 atom stereocenters. The van der Waals surface area contributed by atoms with Gasteiger partial charge in [0.25, 0.3) is 0 Å². The highest BCUT2D eigenvalue weighted by atomic mass is 16.4. The van der Waals surface area contributed by atoms with E-state index in [-0.39, 0.29) is 6.04 Å². The summed E-state index contributed by atoms with van der Waals surface area (Å²) in [5, 5.41) is 13.1. The lowest BCUT2D eigenvalue weighted by atomic mass is 10.1. The zero-order valence-electron chi connectivity index (χ0n) is 9.84. The third kappa shape index (κ3) is 3.19. The number of aliphatic hydroxyl groups is 1. The average Bonchev–Trinajstić information content (AvgIpc) is 2.90. The zero-order chi connectivity index (χ0) is 12.1. The summed E-state index contributed by atoms with van der Waals surface area (Å²) in [4.78, 5) is 0. The summed E-state index contributed by atoms with van der Waals surface area (Å²) in [7, 11) is 0. The molecule has 1 aromatic carbocycles. The third-order valence-corrected chi connectivity index (χ3v) is 2.79. The van der Waals surface area contributed by atoms with Crippen LogP contribution in [0.4, 0.5) is 0 Å². The molecule has 0 amide bonds. The van der Waals surface area contributed by atoms with Crippen LogP contribution in [0.2, 0.25) is 0 Å². The van der Waals surface area contributed by atoms with Crippen LogP contribution in [0.5, 0.6) is 0 Å². The van der Waals surface area contributed by atoms with Gasteiger partial charge in [0.1, 0.15) is 11.9 Å². The van der Waals surface area contributed by atoms with Gasteiger partial charge in [-0.25, -0.2) is 0 Å². The molecule has 0 aliphatic heterocycles. The van der Waals surface area contributed by atoms with Crippen molar-refractivity contribution >= 4 is 0 Å². The molecule has 3 heteroatoms. The molecule has 3 nitrogen and oxygen atoms in total. The standard InChI is InChI=1S/C14H17NO2/c1-11(12-6-3-2-4-7-12)15-10-13(16)14-8-5-9-17-14/h2-9,11,13,15-16H,10H2,1H3/t11-,13?/m0/s1. The van der Waals surface area contributed by atoms with E-state index in [4.69, 9.17) is 4.42 Å². The van der Waals surface area contributed by atoms with Crippen molar-refractivity contribution in [1.82, 2.24) is 5.32 Å². The van der Waals surface area contributed by atoms with E-state index in [1.807, 2.05) is 18.2 Å². The molecule has 0 aliphatic carbocycles. The van der Waals surface area contributed by atoms with Crippen molar-refractivity contribution in [3.8, 4) is 0 Å². The van der Waals surface area contributed by atoms with Gasteiger partial charge in [-0.3, -0.25) is 0 Å². The van der Waals surface area contributed by atoms with E-state index in [1.54, 1.807) is 18.4 Å². The highest BCUT2D eigenvalue weighted by Gasteiger charge is 2.12. The fraction of sp³-hybridized carbons (Fsp3) is 0.286. The summed E-state index contributed by atoms with van der Waals surface area (Å²) in [6, 6.07) is 13.9. The summed E-state index contributed by atoms with van der Waals surface area (Å²) in [6.45, 7) is 2.55. The second-order valence-electron chi connectivity index (χ2n) is 4.07. The summed E-state index contributed by atoms with van der Waals surface area (Å²) in [6.07, 6.45) is 0.968. The van der Waals surface area contributed by atoms with Gasteiger partial charge in [-0.2, -0.15) is 0 Å². The van der Waals surface area contributed by atoms with Gasteiger partial charge in [0, 0.05) is 12.6 Å². The monoisotopic (exact) mass is 231 g/mol. The van der Waals surface area contributed by atoms with Crippen LogP contribution in [0.25, 0.3) is 0 Å². The van der Waals surface area contributed by atoms with Crippen molar-refractivity contribution in [3.63, 3.8) is 0 Å². The minimum absolute atomic E-state index is 0.209. The summed E-state index contributed by atoms with van der Waals surface area (Å²) >= 11 is 0. The molecule has 2 rings (SSSR count). The smallest absolute Gasteiger partial charge is 0.133 e. The Kier molecular flexibility index (Phi) is 3.96. The molecule has 1 heterocycles. The number of furan rings is 1. The van der Waals surface area contributed by atoms with Crippen LogP contribution in [-0.4, -0.2) is 11.7 Å². The van der Waals surface area contributed by atoms with Crippen molar-refractivity contribution in [2.75, 3.05) is 6.54 Å². The Morgan fingerprint density at radius 3 is 2.59 bits per heavy atom. The molecule has 2 N–H and O–H groups in total. The van der Waals surface area contributed by atoms with Crippen LogP contribution in [0.3, 0.4) is 0 Å². The minimum atomic E-state index is -0.601. The van der Waals surface area contributed by atoms with E-state index in [9.17, 15) is 5.11 Å². The fourth-order valence-electron chi connectivity index (χ4n) is 1.73. The molecule has 17 heavy (non-hydrogen) atoms. The minimum Gasteiger partial charge on any atom is -0.467 e. The van der Waals surface area contributed by atoms with Crippen LogP contribution in [0.1, 0.15) is 30.4 Å². The molecule has 1 unspecified atom stereocenters. The lowest BCUT2D eigenvalue weighted by Gasteiger charge is -2.16. The molecular formula is C14H17NO2. The maximum Gasteiger partial charge on any atom is 0.133 e. The molecule has 0 saturated heterocycles. The summed E-state index contributed by atoms with van der Waals surface area (Å²) in [5.74, 6) is 0.595.